The molecule has 0 N–H and O–H groups in total. The highest BCUT2D eigenvalue weighted by atomic mass is 32.1. The SMILES string of the molecule is CC(=O)c1ccc([C@H](OC(=S)N2CCCC2)[C@H]2COC(C)(C)O2)s1. The lowest BCUT2D eigenvalue weighted by molar-refractivity contribution is -0.150. The van der Waals surface area contributed by atoms with Crippen molar-refractivity contribution in [1.29, 1.82) is 0 Å². The van der Waals surface area contributed by atoms with Crippen molar-refractivity contribution >= 4 is 34.5 Å². The van der Waals surface area contributed by atoms with E-state index in [0.29, 0.717) is 16.7 Å². The summed E-state index contributed by atoms with van der Waals surface area (Å²) in [4.78, 5) is 15.4. The van der Waals surface area contributed by atoms with Crippen molar-refractivity contribution in [1.82, 2.24) is 4.90 Å². The number of Topliss-reactive ketones (excluding diaryl/α,β-unsaturated/α-hetero) is 1. The first kappa shape index (κ1) is 17.8. The summed E-state index contributed by atoms with van der Waals surface area (Å²) in [5.74, 6) is -0.585. The average Bonchev–Trinajstić information content (AvgIpc) is 3.25. The van der Waals surface area contributed by atoms with Crippen LogP contribution < -0.4 is 0 Å². The summed E-state index contributed by atoms with van der Waals surface area (Å²) in [5.41, 5.74) is 0. The van der Waals surface area contributed by atoms with Crippen molar-refractivity contribution in [2.45, 2.75) is 51.6 Å². The molecule has 2 saturated heterocycles. The van der Waals surface area contributed by atoms with Crippen LogP contribution in [0.5, 0.6) is 0 Å². The Kier molecular flexibility index (Phi) is 5.24. The van der Waals surface area contributed by atoms with E-state index in [1.165, 1.54) is 11.3 Å². The third-order valence-corrected chi connectivity index (χ3v) is 5.82. The lowest BCUT2D eigenvalue weighted by Crippen LogP contribution is -2.34. The number of hydrogen-bond donors (Lipinski definition) is 0. The zero-order valence-electron chi connectivity index (χ0n) is 14.2. The Morgan fingerprint density at radius 1 is 1.42 bits per heavy atom. The van der Waals surface area contributed by atoms with E-state index in [1.807, 2.05) is 26.0 Å². The van der Waals surface area contributed by atoms with Gasteiger partial charge in [0.05, 0.1) is 11.5 Å². The number of ether oxygens (including phenoxy) is 3. The quantitative estimate of drug-likeness (QED) is 0.598. The maximum absolute atomic E-state index is 11.6. The Balaban J connectivity index is 1.80. The molecule has 0 bridgehead atoms. The van der Waals surface area contributed by atoms with Crippen molar-refractivity contribution in [3.63, 3.8) is 0 Å². The average molecular weight is 370 g/mol. The summed E-state index contributed by atoms with van der Waals surface area (Å²) in [6, 6.07) is 3.76. The lowest BCUT2D eigenvalue weighted by Gasteiger charge is -2.27. The molecular formula is C17H23NO4S2. The molecule has 3 heterocycles. The van der Waals surface area contributed by atoms with Gasteiger partial charge in [-0.1, -0.05) is 0 Å². The van der Waals surface area contributed by atoms with Gasteiger partial charge in [0.25, 0.3) is 5.17 Å². The van der Waals surface area contributed by atoms with Crippen LogP contribution in [0.2, 0.25) is 0 Å². The zero-order chi connectivity index (χ0) is 17.3. The van der Waals surface area contributed by atoms with Crippen molar-refractivity contribution in [3.05, 3.63) is 21.9 Å². The fraction of sp³-hybridized carbons (Fsp3) is 0.647. The minimum atomic E-state index is -0.637. The van der Waals surface area contributed by atoms with Crippen LogP contribution in [0.25, 0.3) is 0 Å². The molecule has 0 radical (unpaired) electrons. The Morgan fingerprint density at radius 2 is 2.12 bits per heavy atom. The molecule has 0 saturated carbocycles. The van der Waals surface area contributed by atoms with Gasteiger partial charge in [0.15, 0.2) is 17.7 Å². The molecule has 2 aliphatic rings. The van der Waals surface area contributed by atoms with E-state index in [0.717, 1.165) is 30.8 Å². The Hall–Kier alpha value is -1.02. The molecule has 2 fully saturated rings. The first-order valence-electron chi connectivity index (χ1n) is 8.24. The second kappa shape index (κ2) is 7.07. The number of likely N-dealkylation sites (tertiary alicyclic amines) is 1. The van der Waals surface area contributed by atoms with E-state index in [9.17, 15) is 4.79 Å². The molecule has 0 spiro atoms. The largest absolute Gasteiger partial charge is 0.459 e. The van der Waals surface area contributed by atoms with Gasteiger partial charge in [-0.3, -0.25) is 4.79 Å². The minimum absolute atomic E-state index is 0.0519. The van der Waals surface area contributed by atoms with Gasteiger partial charge in [-0.15, -0.1) is 11.3 Å². The molecular weight excluding hydrogens is 346 g/mol. The standard InChI is InChI=1S/C17H23NO4S2/c1-11(19)13-6-7-14(24-13)15(12-10-20-17(2,3)22-12)21-16(23)18-8-4-5-9-18/h6-7,12,15H,4-5,8-10H2,1-3H3/t12-,15-/m1/s1. The molecule has 0 unspecified atom stereocenters. The fourth-order valence-electron chi connectivity index (χ4n) is 2.96. The summed E-state index contributed by atoms with van der Waals surface area (Å²) < 4.78 is 17.8. The molecule has 1 aromatic rings. The molecule has 132 valence electrons. The number of hydrogen-bond acceptors (Lipinski definition) is 6. The highest BCUT2D eigenvalue weighted by molar-refractivity contribution is 7.80. The van der Waals surface area contributed by atoms with Crippen molar-refractivity contribution < 1.29 is 19.0 Å². The van der Waals surface area contributed by atoms with Crippen LogP contribution in [-0.2, 0) is 14.2 Å². The zero-order valence-corrected chi connectivity index (χ0v) is 15.9. The number of carbonyl (C=O) groups excluding carboxylic acids is 1. The van der Waals surface area contributed by atoms with Crippen molar-refractivity contribution in [2.24, 2.45) is 0 Å². The molecule has 0 amide bonds. The van der Waals surface area contributed by atoms with Crippen LogP contribution in [0.4, 0.5) is 0 Å². The van der Waals surface area contributed by atoms with E-state index in [2.05, 4.69) is 4.90 Å². The van der Waals surface area contributed by atoms with Crippen molar-refractivity contribution in [2.75, 3.05) is 19.7 Å². The van der Waals surface area contributed by atoms with Gasteiger partial charge in [-0.25, -0.2) is 0 Å². The molecule has 2 atom stereocenters. The lowest BCUT2D eigenvalue weighted by atomic mass is 10.2. The third kappa shape index (κ3) is 3.96. The van der Waals surface area contributed by atoms with E-state index in [1.54, 1.807) is 6.92 Å². The number of rotatable bonds is 4. The van der Waals surface area contributed by atoms with Gasteiger partial charge >= 0.3 is 0 Å². The van der Waals surface area contributed by atoms with Gasteiger partial charge in [-0.05, 0) is 58.0 Å². The molecule has 0 aliphatic carbocycles. The van der Waals surface area contributed by atoms with Crippen LogP contribution in [0.1, 0.15) is 54.3 Å². The minimum Gasteiger partial charge on any atom is -0.459 e. The van der Waals surface area contributed by atoms with Crippen LogP contribution in [0.3, 0.4) is 0 Å². The first-order chi connectivity index (χ1) is 11.4. The maximum atomic E-state index is 11.6. The normalized spacial score (nSPS) is 24.1. The Morgan fingerprint density at radius 3 is 2.67 bits per heavy atom. The van der Waals surface area contributed by atoms with Crippen LogP contribution in [0.15, 0.2) is 12.1 Å². The summed E-state index contributed by atoms with van der Waals surface area (Å²) >= 11 is 6.92. The van der Waals surface area contributed by atoms with E-state index in [-0.39, 0.29) is 18.0 Å². The van der Waals surface area contributed by atoms with E-state index < -0.39 is 5.79 Å². The molecule has 3 rings (SSSR count). The van der Waals surface area contributed by atoms with Gasteiger partial charge in [-0.2, -0.15) is 0 Å². The molecule has 7 heteroatoms. The first-order valence-corrected chi connectivity index (χ1v) is 9.46. The number of nitrogens with zero attached hydrogens (tertiary/aromatic N) is 1. The predicted molar refractivity (Wildman–Crippen MR) is 96.5 cm³/mol. The summed E-state index contributed by atoms with van der Waals surface area (Å²) in [5, 5.41) is 0.503. The summed E-state index contributed by atoms with van der Waals surface area (Å²) in [6.07, 6.45) is 1.66. The van der Waals surface area contributed by atoms with E-state index in [4.69, 9.17) is 26.4 Å². The van der Waals surface area contributed by atoms with Gasteiger partial charge in [0.2, 0.25) is 0 Å². The number of carbonyl (C=O) groups is 1. The van der Waals surface area contributed by atoms with Crippen molar-refractivity contribution in [3.8, 4) is 0 Å². The van der Waals surface area contributed by atoms with Crippen LogP contribution in [0, 0.1) is 0 Å². The van der Waals surface area contributed by atoms with Gasteiger partial charge < -0.3 is 19.1 Å². The topological polar surface area (TPSA) is 48.0 Å². The number of thiophene rings is 1. The molecule has 1 aromatic heterocycles. The molecule has 2 aliphatic heterocycles. The second-order valence-electron chi connectivity index (χ2n) is 6.62. The number of thiocarbonyl (C=S) groups is 1. The van der Waals surface area contributed by atoms with Gasteiger partial charge in [0, 0.05) is 18.0 Å². The monoisotopic (exact) mass is 369 g/mol. The Bertz CT molecular complexity index is 622. The number of ketones is 1. The molecule has 24 heavy (non-hydrogen) atoms. The van der Waals surface area contributed by atoms with Crippen LogP contribution in [-0.4, -0.2) is 47.4 Å². The van der Waals surface area contributed by atoms with Gasteiger partial charge in [0.1, 0.15) is 6.10 Å². The summed E-state index contributed by atoms with van der Waals surface area (Å²) in [6.45, 7) is 7.65. The molecule has 5 nitrogen and oxygen atoms in total. The summed E-state index contributed by atoms with van der Waals surface area (Å²) in [7, 11) is 0. The predicted octanol–water partition coefficient (Wildman–Crippen LogP) is 3.54. The highest BCUT2D eigenvalue weighted by Gasteiger charge is 2.40. The van der Waals surface area contributed by atoms with E-state index >= 15 is 0 Å². The van der Waals surface area contributed by atoms with Crippen LogP contribution >= 0.6 is 23.6 Å². The molecule has 0 aromatic carbocycles. The maximum Gasteiger partial charge on any atom is 0.260 e. The highest BCUT2D eigenvalue weighted by Crippen LogP contribution is 2.36. The Labute approximate surface area is 151 Å². The second-order valence-corrected chi connectivity index (χ2v) is 8.09. The smallest absolute Gasteiger partial charge is 0.260 e. The third-order valence-electron chi connectivity index (χ3n) is 4.21. The fourth-order valence-corrected chi connectivity index (χ4v) is 4.23.